The van der Waals surface area contributed by atoms with Crippen LogP contribution in [-0.2, 0) is 0 Å². The summed E-state index contributed by atoms with van der Waals surface area (Å²) < 4.78 is 0. The second-order valence-electron chi connectivity index (χ2n) is 3.72. The van der Waals surface area contributed by atoms with Crippen LogP contribution in [0.2, 0.25) is 0 Å². The number of hydrogen-bond acceptors (Lipinski definition) is 4. The first-order chi connectivity index (χ1) is 8.35. The molecule has 1 atom stereocenters. The Kier molecular flexibility index (Phi) is 3.46. The van der Waals surface area contributed by atoms with Gasteiger partial charge in [-0.2, -0.15) is 10.1 Å². The Bertz CT molecular complexity index is 511. The van der Waals surface area contributed by atoms with Gasteiger partial charge >= 0.3 is 0 Å². The maximum absolute atomic E-state index is 8.71. The van der Waals surface area contributed by atoms with E-state index in [1.54, 1.807) is 0 Å². The maximum Gasteiger partial charge on any atom is 0.204 e. The number of rotatable bonds is 4. The normalized spacial score (nSPS) is 12.0. The lowest BCUT2D eigenvalue weighted by atomic mass is 10.2. The van der Waals surface area contributed by atoms with Gasteiger partial charge < -0.3 is 0 Å². The molecule has 0 aliphatic rings. The Morgan fingerprint density at radius 1 is 1.35 bits per heavy atom. The van der Waals surface area contributed by atoms with E-state index in [0.29, 0.717) is 12.2 Å². The van der Waals surface area contributed by atoms with Gasteiger partial charge in [0.1, 0.15) is 0 Å². The highest BCUT2D eigenvalue weighted by molar-refractivity contribution is 5.52. The molecule has 86 valence electrons. The third-order valence-electron chi connectivity index (χ3n) is 2.59. The van der Waals surface area contributed by atoms with Gasteiger partial charge in [0.15, 0.2) is 0 Å². The number of benzene rings is 1. The summed E-state index contributed by atoms with van der Waals surface area (Å²) in [6.45, 7) is 2.01. The van der Waals surface area contributed by atoms with Gasteiger partial charge in [0.2, 0.25) is 5.82 Å². The average Bonchev–Trinajstić information content (AvgIpc) is 2.86. The second kappa shape index (κ2) is 5.21. The summed E-state index contributed by atoms with van der Waals surface area (Å²) in [7, 11) is 0. The van der Waals surface area contributed by atoms with Crippen molar-refractivity contribution in [1.82, 2.24) is 20.2 Å². The minimum Gasteiger partial charge on any atom is -0.198 e. The molecular weight excluding hydrogens is 214 g/mol. The summed E-state index contributed by atoms with van der Waals surface area (Å²) in [5.74, 6) is 0.599. The van der Waals surface area contributed by atoms with E-state index in [9.17, 15) is 0 Å². The lowest BCUT2D eigenvalue weighted by molar-refractivity contribution is 0.391. The van der Waals surface area contributed by atoms with Crippen LogP contribution in [-0.4, -0.2) is 20.2 Å². The first-order valence-corrected chi connectivity index (χ1v) is 5.57. The van der Waals surface area contributed by atoms with E-state index in [1.807, 2.05) is 37.3 Å². The van der Waals surface area contributed by atoms with Crippen molar-refractivity contribution in [2.45, 2.75) is 25.8 Å². The quantitative estimate of drug-likeness (QED) is 0.803. The van der Waals surface area contributed by atoms with Crippen LogP contribution in [0.3, 0.4) is 0 Å². The van der Waals surface area contributed by atoms with E-state index in [2.05, 4.69) is 21.5 Å². The van der Waals surface area contributed by atoms with E-state index in [1.165, 1.54) is 4.80 Å². The van der Waals surface area contributed by atoms with Crippen LogP contribution in [0.25, 0.3) is 11.4 Å². The molecular formula is C12H13N5. The molecule has 5 heteroatoms. The van der Waals surface area contributed by atoms with Gasteiger partial charge in [-0.1, -0.05) is 37.3 Å². The molecule has 0 saturated heterocycles. The second-order valence-corrected chi connectivity index (χ2v) is 3.72. The molecule has 0 aliphatic carbocycles. The van der Waals surface area contributed by atoms with Crippen LogP contribution >= 0.6 is 0 Å². The van der Waals surface area contributed by atoms with Crippen molar-refractivity contribution >= 4 is 0 Å². The SMILES string of the molecule is CCC(CC#N)n1nnc(-c2ccccc2)n1. The van der Waals surface area contributed by atoms with E-state index in [0.717, 1.165) is 12.0 Å². The first-order valence-electron chi connectivity index (χ1n) is 5.57. The minimum atomic E-state index is 0.00459. The highest BCUT2D eigenvalue weighted by Crippen LogP contribution is 2.16. The standard InChI is InChI=1S/C12H13N5/c1-2-11(8-9-13)17-15-12(14-16-17)10-6-4-3-5-7-10/h3-7,11H,2,8H2,1H3. The van der Waals surface area contributed by atoms with Gasteiger partial charge in [-0.15, -0.1) is 10.2 Å². The molecule has 5 nitrogen and oxygen atoms in total. The zero-order valence-electron chi connectivity index (χ0n) is 9.61. The van der Waals surface area contributed by atoms with Gasteiger partial charge in [0.05, 0.1) is 18.5 Å². The lowest BCUT2D eigenvalue weighted by Crippen LogP contribution is -2.11. The number of aromatic nitrogens is 4. The average molecular weight is 227 g/mol. The maximum atomic E-state index is 8.71. The number of hydrogen-bond donors (Lipinski definition) is 0. The molecule has 0 radical (unpaired) electrons. The van der Waals surface area contributed by atoms with Crippen molar-refractivity contribution in [3.63, 3.8) is 0 Å². The predicted octanol–water partition coefficient (Wildman–Crippen LogP) is 2.20. The third kappa shape index (κ3) is 2.48. The first kappa shape index (κ1) is 11.3. The Balaban J connectivity index is 2.24. The number of tetrazole rings is 1. The summed E-state index contributed by atoms with van der Waals surface area (Å²) >= 11 is 0. The van der Waals surface area contributed by atoms with Crippen LogP contribution in [0.1, 0.15) is 25.8 Å². The monoisotopic (exact) mass is 227 g/mol. The van der Waals surface area contributed by atoms with Gasteiger partial charge in [-0.25, -0.2) is 0 Å². The molecule has 0 amide bonds. The predicted molar refractivity (Wildman–Crippen MR) is 62.8 cm³/mol. The van der Waals surface area contributed by atoms with Crippen molar-refractivity contribution in [3.8, 4) is 17.5 Å². The van der Waals surface area contributed by atoms with E-state index in [4.69, 9.17) is 5.26 Å². The van der Waals surface area contributed by atoms with Crippen molar-refractivity contribution in [2.24, 2.45) is 0 Å². The molecule has 1 aromatic heterocycles. The zero-order chi connectivity index (χ0) is 12.1. The topological polar surface area (TPSA) is 67.4 Å². The zero-order valence-corrected chi connectivity index (χ0v) is 9.61. The molecule has 0 aliphatic heterocycles. The van der Waals surface area contributed by atoms with Crippen molar-refractivity contribution in [3.05, 3.63) is 30.3 Å². The van der Waals surface area contributed by atoms with E-state index in [-0.39, 0.29) is 6.04 Å². The summed E-state index contributed by atoms with van der Waals surface area (Å²) in [5, 5.41) is 21.0. The fourth-order valence-electron chi connectivity index (χ4n) is 1.58. The van der Waals surface area contributed by atoms with Crippen molar-refractivity contribution in [2.75, 3.05) is 0 Å². The number of nitriles is 1. The molecule has 1 aromatic carbocycles. The molecule has 0 spiro atoms. The Labute approximate surface area is 99.7 Å². The Morgan fingerprint density at radius 2 is 2.12 bits per heavy atom. The molecule has 1 heterocycles. The summed E-state index contributed by atoms with van der Waals surface area (Å²) in [4.78, 5) is 1.53. The van der Waals surface area contributed by atoms with Crippen LogP contribution in [0.4, 0.5) is 0 Å². The van der Waals surface area contributed by atoms with Crippen LogP contribution in [0, 0.1) is 11.3 Å². The van der Waals surface area contributed by atoms with E-state index >= 15 is 0 Å². The fraction of sp³-hybridized carbons (Fsp3) is 0.333. The van der Waals surface area contributed by atoms with Gasteiger partial charge in [0, 0.05) is 5.56 Å². The molecule has 0 saturated carbocycles. The van der Waals surface area contributed by atoms with Crippen LogP contribution in [0.5, 0.6) is 0 Å². The highest BCUT2D eigenvalue weighted by Gasteiger charge is 2.13. The van der Waals surface area contributed by atoms with Gasteiger partial charge in [-0.3, -0.25) is 0 Å². The summed E-state index contributed by atoms with van der Waals surface area (Å²) in [5.41, 5.74) is 0.936. The largest absolute Gasteiger partial charge is 0.204 e. The summed E-state index contributed by atoms with van der Waals surface area (Å²) in [6.07, 6.45) is 1.22. The molecule has 0 N–H and O–H groups in total. The molecule has 2 rings (SSSR count). The minimum absolute atomic E-state index is 0.00459. The van der Waals surface area contributed by atoms with E-state index < -0.39 is 0 Å². The fourth-order valence-corrected chi connectivity index (χ4v) is 1.58. The lowest BCUT2D eigenvalue weighted by Gasteiger charge is -2.07. The highest BCUT2D eigenvalue weighted by atomic mass is 15.6. The third-order valence-corrected chi connectivity index (χ3v) is 2.59. The Hall–Kier alpha value is -2.22. The van der Waals surface area contributed by atoms with Gasteiger partial charge in [0.25, 0.3) is 0 Å². The van der Waals surface area contributed by atoms with Gasteiger partial charge in [-0.05, 0) is 11.6 Å². The molecule has 0 bridgehead atoms. The summed E-state index contributed by atoms with van der Waals surface area (Å²) in [6, 6.07) is 11.8. The van der Waals surface area contributed by atoms with Crippen LogP contribution in [0.15, 0.2) is 30.3 Å². The molecule has 1 unspecified atom stereocenters. The molecule has 0 fully saturated rings. The number of nitrogens with zero attached hydrogens (tertiary/aromatic N) is 5. The van der Waals surface area contributed by atoms with Crippen molar-refractivity contribution in [1.29, 1.82) is 5.26 Å². The van der Waals surface area contributed by atoms with Crippen LogP contribution < -0.4 is 0 Å². The smallest absolute Gasteiger partial charge is 0.198 e. The Morgan fingerprint density at radius 3 is 2.76 bits per heavy atom. The van der Waals surface area contributed by atoms with Crippen molar-refractivity contribution < 1.29 is 0 Å². The molecule has 17 heavy (non-hydrogen) atoms. The molecule has 2 aromatic rings.